The molecule has 1 fully saturated rings. The Hall–Kier alpha value is -1.45. The van der Waals surface area contributed by atoms with Gasteiger partial charge in [-0.3, -0.25) is 4.90 Å². The lowest BCUT2D eigenvalue weighted by Crippen LogP contribution is -2.19. The predicted octanol–water partition coefficient (Wildman–Crippen LogP) is 4.49. The summed E-state index contributed by atoms with van der Waals surface area (Å²) in [6.07, 6.45) is 2.69. The van der Waals surface area contributed by atoms with E-state index in [1.54, 1.807) is 0 Å². The quantitative estimate of drug-likeness (QED) is 0.745. The Kier molecular flexibility index (Phi) is 3.17. The number of nitrogens with zero attached hydrogens (tertiary/aromatic N) is 1. The minimum atomic E-state index is 1.07. The molecule has 1 saturated heterocycles. The van der Waals surface area contributed by atoms with Crippen LogP contribution in [0.1, 0.15) is 18.4 Å². The molecule has 2 nitrogen and oxygen atoms in total. The van der Waals surface area contributed by atoms with Crippen molar-refractivity contribution in [3.8, 4) is 0 Å². The normalized spacial score (nSPS) is 17.4. The molecule has 20 heavy (non-hydrogen) atoms. The molecule has 2 aromatic rings. The first-order valence-corrected chi connectivity index (χ1v) is 8.10. The van der Waals surface area contributed by atoms with Gasteiger partial charge in [-0.15, -0.1) is 0 Å². The topological polar surface area (TPSA) is 15.3 Å². The number of fused-ring (bicyclic) bond motifs is 2. The summed E-state index contributed by atoms with van der Waals surface area (Å²) in [7, 11) is 0. The van der Waals surface area contributed by atoms with Crippen LogP contribution in [0.15, 0.2) is 52.3 Å². The lowest BCUT2D eigenvalue weighted by atomic mass is 10.1. The summed E-state index contributed by atoms with van der Waals surface area (Å²) in [5.74, 6) is 0. The Balaban J connectivity index is 1.67. The summed E-state index contributed by atoms with van der Waals surface area (Å²) >= 11 is 1.87. The van der Waals surface area contributed by atoms with Crippen molar-refractivity contribution in [3.05, 3.63) is 48.0 Å². The van der Waals surface area contributed by atoms with Crippen LogP contribution in [0.4, 0.5) is 11.4 Å². The van der Waals surface area contributed by atoms with Crippen molar-refractivity contribution in [1.29, 1.82) is 0 Å². The van der Waals surface area contributed by atoms with Crippen LogP contribution in [0.25, 0.3) is 0 Å². The summed E-state index contributed by atoms with van der Waals surface area (Å²) < 4.78 is 0. The van der Waals surface area contributed by atoms with E-state index < -0.39 is 0 Å². The van der Waals surface area contributed by atoms with Gasteiger partial charge >= 0.3 is 0 Å². The molecule has 2 aromatic carbocycles. The molecule has 0 atom stereocenters. The molecule has 102 valence electrons. The minimum absolute atomic E-state index is 1.07. The number of para-hydroxylation sites is 2. The highest BCUT2D eigenvalue weighted by atomic mass is 32.2. The van der Waals surface area contributed by atoms with Crippen molar-refractivity contribution in [2.24, 2.45) is 0 Å². The van der Waals surface area contributed by atoms with E-state index in [1.807, 2.05) is 11.8 Å². The second-order valence-electron chi connectivity index (χ2n) is 5.50. The van der Waals surface area contributed by atoms with Crippen LogP contribution in [0.2, 0.25) is 0 Å². The maximum atomic E-state index is 3.64. The third-order valence-electron chi connectivity index (χ3n) is 4.07. The molecule has 0 radical (unpaired) electrons. The number of rotatable bonds is 2. The van der Waals surface area contributed by atoms with Crippen LogP contribution in [-0.2, 0) is 6.54 Å². The summed E-state index contributed by atoms with van der Waals surface area (Å²) in [6.45, 7) is 3.56. The Bertz CT molecular complexity index is 633. The highest BCUT2D eigenvalue weighted by Gasteiger charge is 2.20. The number of likely N-dealkylation sites (tertiary alicyclic amines) is 1. The molecule has 0 aliphatic carbocycles. The molecule has 2 aliphatic rings. The van der Waals surface area contributed by atoms with Gasteiger partial charge in [0.2, 0.25) is 0 Å². The Morgan fingerprint density at radius 2 is 1.75 bits per heavy atom. The molecular weight excluding hydrogens is 264 g/mol. The lowest BCUT2D eigenvalue weighted by molar-refractivity contribution is 0.332. The van der Waals surface area contributed by atoms with E-state index in [9.17, 15) is 0 Å². The molecular formula is C17H18N2S. The molecule has 0 unspecified atom stereocenters. The van der Waals surface area contributed by atoms with Crippen molar-refractivity contribution in [2.75, 3.05) is 18.4 Å². The first-order valence-electron chi connectivity index (χ1n) is 7.28. The third kappa shape index (κ3) is 2.21. The summed E-state index contributed by atoms with van der Waals surface area (Å²) in [5, 5.41) is 3.64. The molecule has 2 aliphatic heterocycles. The number of nitrogens with one attached hydrogen (secondary N) is 1. The smallest absolute Gasteiger partial charge is 0.0572 e. The van der Waals surface area contributed by atoms with Crippen LogP contribution in [-0.4, -0.2) is 18.0 Å². The van der Waals surface area contributed by atoms with Gasteiger partial charge < -0.3 is 5.32 Å². The first kappa shape index (κ1) is 12.3. The lowest BCUT2D eigenvalue weighted by Gasteiger charge is -2.25. The zero-order valence-corrected chi connectivity index (χ0v) is 12.2. The van der Waals surface area contributed by atoms with E-state index in [-0.39, 0.29) is 0 Å². The van der Waals surface area contributed by atoms with Gasteiger partial charge in [0.05, 0.1) is 11.4 Å². The summed E-state index contributed by atoms with van der Waals surface area (Å²) in [6, 6.07) is 15.2. The zero-order chi connectivity index (χ0) is 13.4. The predicted molar refractivity (Wildman–Crippen MR) is 84.8 cm³/mol. The van der Waals surface area contributed by atoms with Gasteiger partial charge in [0.1, 0.15) is 0 Å². The van der Waals surface area contributed by atoms with E-state index in [4.69, 9.17) is 0 Å². The molecule has 1 N–H and O–H groups in total. The molecule has 4 rings (SSSR count). The van der Waals surface area contributed by atoms with Crippen LogP contribution < -0.4 is 5.32 Å². The van der Waals surface area contributed by atoms with Gasteiger partial charge in [-0.05, 0) is 49.7 Å². The third-order valence-corrected chi connectivity index (χ3v) is 5.21. The molecule has 3 heteroatoms. The Morgan fingerprint density at radius 3 is 2.65 bits per heavy atom. The second kappa shape index (κ2) is 5.15. The summed E-state index contributed by atoms with van der Waals surface area (Å²) in [4.78, 5) is 5.22. The van der Waals surface area contributed by atoms with Gasteiger partial charge in [0.15, 0.2) is 0 Å². The number of hydrogen-bond donors (Lipinski definition) is 1. The van der Waals surface area contributed by atoms with Gasteiger partial charge in [0, 0.05) is 16.3 Å². The molecule has 0 aromatic heterocycles. The van der Waals surface area contributed by atoms with Crippen LogP contribution in [0.5, 0.6) is 0 Å². The number of hydrogen-bond acceptors (Lipinski definition) is 3. The molecule has 2 heterocycles. The largest absolute Gasteiger partial charge is 0.353 e. The average molecular weight is 282 g/mol. The summed E-state index contributed by atoms with van der Waals surface area (Å²) in [5.41, 5.74) is 3.97. The highest BCUT2D eigenvalue weighted by Crippen LogP contribution is 2.45. The Morgan fingerprint density at radius 1 is 0.950 bits per heavy atom. The SMILES string of the molecule is c1ccc2c(c1)Nc1c(CN3CCCC3)cccc1S2. The van der Waals surface area contributed by atoms with Crippen molar-refractivity contribution in [2.45, 2.75) is 29.2 Å². The number of anilines is 2. The molecule has 0 saturated carbocycles. The van der Waals surface area contributed by atoms with Crippen molar-refractivity contribution >= 4 is 23.1 Å². The average Bonchev–Trinajstić information content (AvgIpc) is 2.99. The molecule has 0 amide bonds. The minimum Gasteiger partial charge on any atom is -0.353 e. The van der Waals surface area contributed by atoms with Crippen LogP contribution in [0, 0.1) is 0 Å². The van der Waals surface area contributed by atoms with E-state index in [0.717, 1.165) is 6.54 Å². The van der Waals surface area contributed by atoms with E-state index >= 15 is 0 Å². The van der Waals surface area contributed by atoms with Crippen LogP contribution >= 0.6 is 11.8 Å². The molecule has 0 spiro atoms. The standard InChI is InChI=1S/C17H18N2S/c1-2-8-15-14(7-1)18-17-13(6-5-9-16(17)20-15)12-19-10-3-4-11-19/h1-2,5-9,18H,3-4,10-12H2. The fraction of sp³-hybridized carbons (Fsp3) is 0.294. The first-order chi connectivity index (χ1) is 9.90. The van der Waals surface area contributed by atoms with Gasteiger partial charge in [0.25, 0.3) is 0 Å². The van der Waals surface area contributed by atoms with Gasteiger partial charge in [-0.2, -0.15) is 0 Å². The maximum absolute atomic E-state index is 3.64. The Labute approximate surface area is 124 Å². The van der Waals surface area contributed by atoms with E-state index in [2.05, 4.69) is 52.7 Å². The molecule has 0 bridgehead atoms. The maximum Gasteiger partial charge on any atom is 0.0572 e. The zero-order valence-electron chi connectivity index (χ0n) is 11.4. The van der Waals surface area contributed by atoms with E-state index in [1.165, 1.54) is 52.7 Å². The highest BCUT2D eigenvalue weighted by molar-refractivity contribution is 7.99. The van der Waals surface area contributed by atoms with Crippen LogP contribution in [0.3, 0.4) is 0 Å². The van der Waals surface area contributed by atoms with Crippen molar-refractivity contribution < 1.29 is 0 Å². The fourth-order valence-corrected chi connectivity index (χ4v) is 4.07. The second-order valence-corrected chi connectivity index (χ2v) is 6.58. The fourth-order valence-electron chi connectivity index (χ4n) is 3.03. The number of benzene rings is 2. The van der Waals surface area contributed by atoms with Crippen molar-refractivity contribution in [1.82, 2.24) is 4.90 Å². The van der Waals surface area contributed by atoms with Gasteiger partial charge in [-0.25, -0.2) is 0 Å². The van der Waals surface area contributed by atoms with Crippen molar-refractivity contribution in [3.63, 3.8) is 0 Å². The van der Waals surface area contributed by atoms with Gasteiger partial charge in [-0.1, -0.05) is 36.0 Å². The van der Waals surface area contributed by atoms with E-state index in [0.29, 0.717) is 0 Å². The monoisotopic (exact) mass is 282 g/mol.